The van der Waals surface area contributed by atoms with Crippen LogP contribution in [0, 0.1) is 0 Å². The standard InChI is InChI=1S/C34H31NO13/c1-16(36)43-15-26-29(44-17(2)37)30(45-18(3)38)31(46-19(4)39)34(48-26)42-14-13-35-32(40)22-10-9-21-20-7-5-6-8-24(20)47-25-12-11-23(33(35)41)27(22)28(21)25/h5-12,26,29-31,34H,13-15H2,1-4H3/t26-,29+,30+,31-,34-/m1/s1. The van der Waals surface area contributed by atoms with Crippen LogP contribution < -0.4 is 11.1 Å². The van der Waals surface area contributed by atoms with E-state index in [1.807, 2.05) is 30.3 Å². The lowest BCUT2D eigenvalue weighted by molar-refractivity contribution is -0.308. The summed E-state index contributed by atoms with van der Waals surface area (Å²) in [6.45, 7) is 3.50. The smallest absolute Gasteiger partial charge is 0.303 e. The summed E-state index contributed by atoms with van der Waals surface area (Å²) in [5.41, 5.74) is 0.0910. The fourth-order valence-electron chi connectivity index (χ4n) is 6.20. The van der Waals surface area contributed by atoms with Gasteiger partial charge in [0.05, 0.1) is 13.2 Å². The molecule has 250 valence electrons. The summed E-state index contributed by atoms with van der Waals surface area (Å²) in [6.07, 6.45) is -6.90. The fourth-order valence-corrected chi connectivity index (χ4v) is 6.20. The molecule has 0 N–H and O–H groups in total. The lowest BCUT2D eigenvalue weighted by atomic mass is 9.96. The number of aromatic nitrogens is 1. The first kappa shape index (κ1) is 32.6. The molecule has 0 amide bonds. The third-order valence-corrected chi connectivity index (χ3v) is 8.02. The number of hydrogen-bond acceptors (Lipinski definition) is 13. The number of para-hydroxylation sites is 1. The van der Waals surface area contributed by atoms with Crippen molar-refractivity contribution in [1.82, 2.24) is 4.57 Å². The molecule has 0 radical (unpaired) electrons. The zero-order valence-electron chi connectivity index (χ0n) is 26.4. The van der Waals surface area contributed by atoms with Crippen molar-refractivity contribution < 1.29 is 52.0 Å². The Bertz CT molecular complexity index is 2150. The van der Waals surface area contributed by atoms with Crippen molar-refractivity contribution in [3.8, 4) is 0 Å². The molecule has 1 saturated heterocycles. The van der Waals surface area contributed by atoms with E-state index in [1.165, 1.54) is 0 Å². The first-order chi connectivity index (χ1) is 22.9. The van der Waals surface area contributed by atoms with Crippen LogP contribution in [-0.2, 0) is 54.1 Å². The van der Waals surface area contributed by atoms with Crippen LogP contribution in [0.4, 0.5) is 0 Å². The Morgan fingerprint density at radius 3 is 1.94 bits per heavy atom. The second-order valence-electron chi connectivity index (χ2n) is 11.3. The summed E-state index contributed by atoms with van der Waals surface area (Å²) in [5.74, 6) is -3.02. The minimum Gasteiger partial charge on any atom is -0.463 e. The molecule has 1 fully saturated rings. The van der Waals surface area contributed by atoms with Crippen molar-refractivity contribution >= 4 is 67.4 Å². The molecule has 0 spiro atoms. The van der Waals surface area contributed by atoms with Gasteiger partial charge in [-0.05, 0) is 29.7 Å². The molecule has 6 rings (SSSR count). The number of benzene rings is 3. The third kappa shape index (κ3) is 6.07. The van der Waals surface area contributed by atoms with Gasteiger partial charge in [0, 0.05) is 54.6 Å². The second-order valence-corrected chi connectivity index (χ2v) is 11.3. The summed E-state index contributed by atoms with van der Waals surface area (Å²) in [4.78, 5) is 75.3. The maximum Gasteiger partial charge on any atom is 0.303 e. The van der Waals surface area contributed by atoms with Gasteiger partial charge in [-0.3, -0.25) is 33.3 Å². The molecular formula is C34H31NO13. The number of ether oxygens (including phenoxy) is 6. The number of pyridine rings is 1. The van der Waals surface area contributed by atoms with Gasteiger partial charge < -0.3 is 32.8 Å². The molecule has 14 heteroatoms. The number of fused-ring (bicyclic) bond motifs is 2. The van der Waals surface area contributed by atoms with E-state index >= 15 is 0 Å². The average Bonchev–Trinajstić information content (AvgIpc) is 3.03. The van der Waals surface area contributed by atoms with Gasteiger partial charge in [-0.25, -0.2) is 0 Å². The third-order valence-electron chi connectivity index (χ3n) is 8.02. The zero-order chi connectivity index (χ0) is 34.3. The summed E-state index contributed by atoms with van der Waals surface area (Å²) in [6, 6.07) is 14.3. The number of nitrogens with zero attached hydrogens (tertiary/aromatic N) is 1. The molecule has 5 aromatic rings. The minimum atomic E-state index is -1.46. The highest BCUT2D eigenvalue weighted by Gasteiger charge is 2.52. The molecule has 48 heavy (non-hydrogen) atoms. The quantitative estimate of drug-likeness (QED) is 0.0976. The molecule has 3 aromatic carbocycles. The van der Waals surface area contributed by atoms with E-state index in [2.05, 4.69) is 0 Å². The predicted octanol–water partition coefficient (Wildman–Crippen LogP) is 2.95. The SMILES string of the molecule is CC(=O)OC[C@H]1O[C@@H](OCCn2c(=O)c3ccc4oc5ccccc5c5ccc(c2=O)c3c45)[C@H](OC(C)=O)[C@@H](OC(C)=O)[C@H]1OC(C)=O. The van der Waals surface area contributed by atoms with Crippen molar-refractivity contribution in [3.63, 3.8) is 0 Å². The number of hydrogen-bond donors (Lipinski definition) is 0. The largest absolute Gasteiger partial charge is 0.463 e. The number of carbonyl (C=O) groups excluding carboxylic acids is 4. The van der Waals surface area contributed by atoms with Crippen molar-refractivity contribution in [2.75, 3.05) is 13.2 Å². The Labute approximate surface area is 271 Å². The van der Waals surface area contributed by atoms with Crippen molar-refractivity contribution in [1.29, 1.82) is 0 Å². The Morgan fingerprint density at radius 1 is 0.667 bits per heavy atom. The Morgan fingerprint density at radius 2 is 1.27 bits per heavy atom. The number of esters is 4. The average molecular weight is 662 g/mol. The summed E-state index contributed by atoms with van der Waals surface area (Å²) in [5, 5.41) is 3.45. The van der Waals surface area contributed by atoms with Crippen LogP contribution in [-0.4, -0.2) is 72.4 Å². The maximum atomic E-state index is 13.8. The van der Waals surface area contributed by atoms with E-state index in [1.54, 1.807) is 18.2 Å². The van der Waals surface area contributed by atoms with Gasteiger partial charge in [-0.15, -0.1) is 0 Å². The molecule has 14 nitrogen and oxygen atoms in total. The summed E-state index contributed by atoms with van der Waals surface area (Å²) < 4.78 is 40.3. The molecule has 5 atom stereocenters. The molecule has 0 aliphatic carbocycles. The predicted molar refractivity (Wildman–Crippen MR) is 168 cm³/mol. The van der Waals surface area contributed by atoms with Crippen LogP contribution in [0.15, 0.2) is 62.5 Å². The van der Waals surface area contributed by atoms with Crippen LogP contribution >= 0.6 is 0 Å². The van der Waals surface area contributed by atoms with E-state index in [-0.39, 0.29) is 13.2 Å². The van der Waals surface area contributed by atoms with Crippen LogP contribution in [0.1, 0.15) is 27.7 Å². The molecule has 1 aliphatic heterocycles. The highest BCUT2D eigenvalue weighted by atomic mass is 16.7. The van der Waals surface area contributed by atoms with Gasteiger partial charge in [-0.1, -0.05) is 24.3 Å². The van der Waals surface area contributed by atoms with E-state index in [4.69, 9.17) is 32.8 Å². The van der Waals surface area contributed by atoms with Gasteiger partial charge in [0.1, 0.15) is 23.9 Å². The van der Waals surface area contributed by atoms with Crippen molar-refractivity contribution in [2.24, 2.45) is 0 Å². The minimum absolute atomic E-state index is 0.242. The van der Waals surface area contributed by atoms with E-state index in [0.29, 0.717) is 32.7 Å². The number of carbonyl (C=O) groups is 4. The molecule has 0 bridgehead atoms. The highest BCUT2D eigenvalue weighted by molar-refractivity contribution is 6.26. The molecule has 0 saturated carbocycles. The highest BCUT2D eigenvalue weighted by Crippen LogP contribution is 2.36. The van der Waals surface area contributed by atoms with Crippen LogP contribution in [0.5, 0.6) is 0 Å². The fraction of sp³-hybridized carbons (Fsp3) is 0.353. The topological polar surface area (TPSA) is 176 Å². The van der Waals surface area contributed by atoms with Gasteiger partial charge in [0.2, 0.25) is 0 Å². The van der Waals surface area contributed by atoms with Crippen LogP contribution in [0.25, 0.3) is 43.5 Å². The van der Waals surface area contributed by atoms with Crippen molar-refractivity contribution in [2.45, 2.75) is 64.9 Å². The van der Waals surface area contributed by atoms with Crippen LogP contribution in [0.3, 0.4) is 0 Å². The Kier molecular flexibility index (Phi) is 8.86. The first-order valence-electron chi connectivity index (χ1n) is 15.1. The normalized spacial score (nSPS) is 21.0. The zero-order valence-corrected chi connectivity index (χ0v) is 26.4. The Balaban J connectivity index is 1.34. The Hall–Kier alpha value is -5.34. The van der Waals surface area contributed by atoms with Gasteiger partial charge in [-0.2, -0.15) is 0 Å². The molecular weight excluding hydrogens is 630 g/mol. The summed E-state index contributed by atoms with van der Waals surface area (Å²) >= 11 is 0. The lowest BCUT2D eigenvalue weighted by Gasteiger charge is -2.44. The van der Waals surface area contributed by atoms with E-state index in [0.717, 1.165) is 43.0 Å². The lowest BCUT2D eigenvalue weighted by Crippen LogP contribution is -2.63. The monoisotopic (exact) mass is 661 g/mol. The molecule has 1 aliphatic rings. The molecule has 3 heterocycles. The molecule has 2 aromatic heterocycles. The molecule has 0 unspecified atom stereocenters. The van der Waals surface area contributed by atoms with Crippen LogP contribution in [0.2, 0.25) is 0 Å². The van der Waals surface area contributed by atoms with Gasteiger partial charge >= 0.3 is 23.9 Å². The van der Waals surface area contributed by atoms with Crippen molar-refractivity contribution in [3.05, 3.63) is 69.2 Å². The maximum absolute atomic E-state index is 13.8. The second kappa shape index (κ2) is 13.0. The van der Waals surface area contributed by atoms with Gasteiger partial charge in [0.25, 0.3) is 11.1 Å². The first-order valence-corrected chi connectivity index (χ1v) is 15.1. The van der Waals surface area contributed by atoms with E-state index in [9.17, 15) is 28.8 Å². The van der Waals surface area contributed by atoms with E-state index < -0.39 is 72.3 Å². The number of rotatable bonds is 9. The van der Waals surface area contributed by atoms with Gasteiger partial charge in [0.15, 0.2) is 24.6 Å². The summed E-state index contributed by atoms with van der Waals surface area (Å²) in [7, 11) is 0.